The fourth-order valence-electron chi connectivity index (χ4n) is 2.93. The lowest BCUT2D eigenvalue weighted by atomic mass is 10.3. The fraction of sp³-hybridized carbons (Fsp3) is 0.190. The molecule has 1 amide bonds. The van der Waals surface area contributed by atoms with Crippen molar-refractivity contribution in [2.75, 3.05) is 18.1 Å². The lowest BCUT2D eigenvalue weighted by Gasteiger charge is -2.20. The Balaban J connectivity index is 0.00000272. The number of imidazole rings is 1. The summed E-state index contributed by atoms with van der Waals surface area (Å²) in [5, 5.41) is 1.11. The molecule has 0 fully saturated rings. The Kier molecular flexibility index (Phi) is 7.84. The Hall–Kier alpha value is -2.68. The SMILES string of the molecule is Cl.O=C(COc1ccc(F)cc1)N(CCCn1ccnc1)c1nc2c(Cl)cccc2s1. The van der Waals surface area contributed by atoms with E-state index < -0.39 is 0 Å². The van der Waals surface area contributed by atoms with E-state index in [2.05, 4.69) is 9.97 Å². The van der Waals surface area contributed by atoms with Crippen LogP contribution in [-0.4, -0.2) is 33.6 Å². The Morgan fingerprint density at radius 3 is 2.74 bits per heavy atom. The predicted octanol–water partition coefficient (Wildman–Crippen LogP) is 5.21. The van der Waals surface area contributed by atoms with Gasteiger partial charge in [-0.15, -0.1) is 12.4 Å². The zero-order valence-electron chi connectivity index (χ0n) is 16.3. The molecule has 0 aliphatic heterocycles. The van der Waals surface area contributed by atoms with Crippen LogP contribution in [0.15, 0.2) is 61.2 Å². The van der Waals surface area contributed by atoms with Crippen LogP contribution in [0, 0.1) is 5.82 Å². The van der Waals surface area contributed by atoms with Crippen molar-refractivity contribution < 1.29 is 13.9 Å². The number of thiazole rings is 1. The first kappa shape index (κ1) is 23.0. The lowest BCUT2D eigenvalue weighted by molar-refractivity contribution is -0.120. The summed E-state index contributed by atoms with van der Waals surface area (Å²) in [4.78, 5) is 23.2. The zero-order valence-corrected chi connectivity index (χ0v) is 18.7. The highest BCUT2D eigenvalue weighted by atomic mass is 35.5. The van der Waals surface area contributed by atoms with Crippen molar-refractivity contribution in [3.05, 3.63) is 72.0 Å². The molecule has 0 aliphatic rings. The van der Waals surface area contributed by atoms with Gasteiger partial charge in [-0.2, -0.15) is 0 Å². The molecule has 0 aliphatic carbocycles. The molecule has 4 aromatic rings. The van der Waals surface area contributed by atoms with Gasteiger partial charge in [-0.25, -0.2) is 14.4 Å². The third kappa shape index (κ3) is 5.72. The lowest BCUT2D eigenvalue weighted by Crippen LogP contribution is -2.36. The third-order valence-corrected chi connectivity index (χ3v) is 5.77. The van der Waals surface area contributed by atoms with Crippen molar-refractivity contribution in [2.45, 2.75) is 13.0 Å². The van der Waals surface area contributed by atoms with E-state index in [4.69, 9.17) is 16.3 Å². The van der Waals surface area contributed by atoms with Gasteiger partial charge in [0, 0.05) is 25.5 Å². The largest absolute Gasteiger partial charge is 0.484 e. The molecule has 0 N–H and O–H groups in total. The van der Waals surface area contributed by atoms with Gasteiger partial charge >= 0.3 is 0 Å². The molecule has 0 saturated heterocycles. The van der Waals surface area contributed by atoms with Gasteiger partial charge in [-0.1, -0.05) is 29.0 Å². The molecule has 0 atom stereocenters. The van der Waals surface area contributed by atoms with E-state index in [9.17, 15) is 9.18 Å². The molecule has 0 bridgehead atoms. The zero-order chi connectivity index (χ0) is 20.9. The first-order valence-corrected chi connectivity index (χ1v) is 10.5. The number of aromatic nitrogens is 3. The van der Waals surface area contributed by atoms with E-state index in [1.54, 1.807) is 23.5 Å². The van der Waals surface area contributed by atoms with Gasteiger partial charge in [-0.3, -0.25) is 9.69 Å². The minimum Gasteiger partial charge on any atom is -0.484 e. The number of ether oxygens (including phenoxy) is 1. The predicted molar refractivity (Wildman–Crippen MR) is 123 cm³/mol. The second kappa shape index (κ2) is 10.6. The van der Waals surface area contributed by atoms with Crippen molar-refractivity contribution >= 4 is 56.6 Å². The summed E-state index contributed by atoms with van der Waals surface area (Å²) in [5.74, 6) is -0.170. The number of hydrogen-bond acceptors (Lipinski definition) is 5. The van der Waals surface area contributed by atoms with E-state index in [0.29, 0.717) is 40.9 Å². The van der Waals surface area contributed by atoms with Crippen molar-refractivity contribution in [3.8, 4) is 5.75 Å². The van der Waals surface area contributed by atoms with Gasteiger partial charge in [0.2, 0.25) is 0 Å². The van der Waals surface area contributed by atoms with Crippen LogP contribution in [0.4, 0.5) is 9.52 Å². The Labute approximate surface area is 193 Å². The summed E-state index contributed by atoms with van der Waals surface area (Å²) in [6.07, 6.45) is 6.04. The van der Waals surface area contributed by atoms with Crippen LogP contribution in [-0.2, 0) is 11.3 Å². The van der Waals surface area contributed by atoms with E-state index in [-0.39, 0.29) is 30.7 Å². The molecule has 6 nitrogen and oxygen atoms in total. The van der Waals surface area contributed by atoms with Gasteiger partial charge in [-0.05, 0) is 42.8 Å². The van der Waals surface area contributed by atoms with Crippen LogP contribution in [0.2, 0.25) is 5.02 Å². The number of anilines is 1. The highest BCUT2D eigenvalue weighted by molar-refractivity contribution is 7.22. The van der Waals surface area contributed by atoms with E-state index >= 15 is 0 Å². The number of carbonyl (C=O) groups is 1. The number of carbonyl (C=O) groups excluding carboxylic acids is 1. The molecular weight excluding hydrogens is 462 g/mol. The van der Waals surface area contributed by atoms with Gasteiger partial charge < -0.3 is 9.30 Å². The van der Waals surface area contributed by atoms with E-state index in [1.807, 2.05) is 22.9 Å². The normalized spacial score (nSPS) is 10.6. The van der Waals surface area contributed by atoms with Gasteiger partial charge in [0.1, 0.15) is 17.1 Å². The molecule has 162 valence electrons. The molecule has 0 radical (unpaired) electrons. The second-order valence-corrected chi connectivity index (χ2v) is 7.94. The topological polar surface area (TPSA) is 60.2 Å². The van der Waals surface area contributed by atoms with E-state index in [1.165, 1.54) is 35.6 Å². The average Bonchev–Trinajstić information content (AvgIpc) is 3.41. The summed E-state index contributed by atoms with van der Waals surface area (Å²) >= 11 is 7.66. The maximum Gasteiger partial charge on any atom is 0.266 e. The number of halogens is 3. The number of aryl methyl sites for hydroxylation is 1. The number of para-hydroxylation sites is 1. The fourth-order valence-corrected chi connectivity index (χ4v) is 4.24. The quantitative estimate of drug-likeness (QED) is 0.347. The van der Waals surface area contributed by atoms with Crippen LogP contribution in [0.1, 0.15) is 6.42 Å². The summed E-state index contributed by atoms with van der Waals surface area (Å²) in [6.45, 7) is 0.996. The van der Waals surface area contributed by atoms with Crippen LogP contribution >= 0.6 is 35.3 Å². The van der Waals surface area contributed by atoms with E-state index in [0.717, 1.165) is 4.70 Å². The number of rotatable bonds is 8. The molecule has 10 heteroatoms. The van der Waals surface area contributed by atoms with Crippen molar-refractivity contribution in [2.24, 2.45) is 0 Å². The number of amides is 1. The molecule has 0 spiro atoms. The number of fused-ring (bicyclic) bond motifs is 1. The minimum absolute atomic E-state index is 0. The Morgan fingerprint density at radius 1 is 1.23 bits per heavy atom. The van der Waals surface area contributed by atoms with Crippen LogP contribution in [0.25, 0.3) is 10.2 Å². The summed E-state index contributed by atoms with van der Waals surface area (Å²) in [5.41, 5.74) is 0.672. The molecule has 2 aromatic carbocycles. The minimum atomic E-state index is -0.360. The highest BCUT2D eigenvalue weighted by Gasteiger charge is 2.21. The molecular formula is C21H19Cl2FN4O2S. The summed E-state index contributed by atoms with van der Waals surface area (Å²) < 4.78 is 21.5. The first-order valence-electron chi connectivity index (χ1n) is 9.30. The van der Waals surface area contributed by atoms with Gasteiger partial charge in [0.25, 0.3) is 5.91 Å². The second-order valence-electron chi connectivity index (χ2n) is 6.53. The monoisotopic (exact) mass is 480 g/mol. The van der Waals surface area contributed by atoms with Crippen LogP contribution < -0.4 is 9.64 Å². The molecule has 0 saturated carbocycles. The maximum absolute atomic E-state index is 13.1. The molecule has 2 heterocycles. The Bertz CT molecular complexity index is 1140. The standard InChI is InChI=1S/C21H18ClFN4O2S.ClH/c22-17-3-1-4-18-20(17)25-21(30-18)27(11-2-10-26-12-9-24-14-26)19(28)13-29-16-7-5-15(23)6-8-16;/h1,3-9,12,14H,2,10-11,13H2;1H. The average molecular weight is 481 g/mol. The molecule has 2 aromatic heterocycles. The molecule has 0 unspecified atom stereocenters. The first-order chi connectivity index (χ1) is 14.6. The smallest absolute Gasteiger partial charge is 0.266 e. The van der Waals surface area contributed by atoms with Gasteiger partial charge in [0.05, 0.1) is 16.0 Å². The van der Waals surface area contributed by atoms with Crippen molar-refractivity contribution in [1.82, 2.24) is 14.5 Å². The molecule has 31 heavy (non-hydrogen) atoms. The summed E-state index contributed by atoms with van der Waals surface area (Å²) in [7, 11) is 0. The number of hydrogen-bond donors (Lipinski definition) is 0. The van der Waals surface area contributed by atoms with Gasteiger partial charge in [0.15, 0.2) is 11.7 Å². The number of benzene rings is 2. The van der Waals surface area contributed by atoms with Crippen molar-refractivity contribution in [1.29, 1.82) is 0 Å². The highest BCUT2D eigenvalue weighted by Crippen LogP contribution is 2.33. The third-order valence-electron chi connectivity index (χ3n) is 4.42. The number of nitrogens with zero attached hydrogens (tertiary/aromatic N) is 4. The van der Waals surface area contributed by atoms with Crippen LogP contribution in [0.3, 0.4) is 0 Å². The van der Waals surface area contributed by atoms with Crippen molar-refractivity contribution in [3.63, 3.8) is 0 Å². The van der Waals surface area contributed by atoms with Crippen LogP contribution in [0.5, 0.6) is 5.75 Å². The summed E-state index contributed by atoms with van der Waals surface area (Å²) in [6, 6.07) is 11.1. The maximum atomic E-state index is 13.1. The Morgan fingerprint density at radius 2 is 2.03 bits per heavy atom. The molecule has 4 rings (SSSR count).